The van der Waals surface area contributed by atoms with Crippen molar-refractivity contribution in [2.75, 3.05) is 18.4 Å². The molecule has 158 valence electrons. The molecule has 1 aromatic heterocycles. The van der Waals surface area contributed by atoms with Crippen LogP contribution >= 0.6 is 22.9 Å². The van der Waals surface area contributed by atoms with Gasteiger partial charge in [0.25, 0.3) is 5.91 Å². The van der Waals surface area contributed by atoms with Crippen molar-refractivity contribution in [1.82, 2.24) is 9.29 Å². The molecule has 1 aliphatic rings. The Hall–Kier alpha value is -2.00. The number of amides is 1. The van der Waals surface area contributed by atoms with E-state index >= 15 is 0 Å². The number of benzene rings is 2. The zero-order valence-electron chi connectivity index (χ0n) is 16.5. The molecule has 1 fully saturated rings. The van der Waals surface area contributed by atoms with E-state index in [1.807, 2.05) is 25.1 Å². The van der Waals surface area contributed by atoms with Gasteiger partial charge in [0.2, 0.25) is 10.0 Å². The lowest BCUT2D eigenvalue weighted by atomic mass is 10.2. The van der Waals surface area contributed by atoms with Gasteiger partial charge in [-0.3, -0.25) is 10.1 Å². The molecule has 1 saturated heterocycles. The minimum absolute atomic E-state index is 0.0288. The van der Waals surface area contributed by atoms with E-state index in [4.69, 9.17) is 11.6 Å². The summed E-state index contributed by atoms with van der Waals surface area (Å²) in [6.45, 7) is 2.91. The second-order valence-corrected chi connectivity index (χ2v) is 10.7. The first kappa shape index (κ1) is 21.2. The average Bonchev–Trinajstić information content (AvgIpc) is 2.93. The third-order valence-corrected chi connectivity index (χ3v) is 8.53. The topological polar surface area (TPSA) is 79.4 Å². The van der Waals surface area contributed by atoms with E-state index < -0.39 is 15.9 Å². The van der Waals surface area contributed by atoms with Crippen LogP contribution in [0, 0.1) is 6.92 Å². The highest BCUT2D eigenvalue weighted by atomic mass is 35.5. The predicted molar refractivity (Wildman–Crippen MR) is 121 cm³/mol. The predicted octanol–water partition coefficient (Wildman–Crippen LogP) is 5.08. The lowest BCUT2D eigenvalue weighted by molar-refractivity contribution is 0.102. The number of nitrogens with zero attached hydrogens (tertiary/aromatic N) is 2. The Morgan fingerprint density at radius 3 is 2.57 bits per heavy atom. The van der Waals surface area contributed by atoms with Crippen LogP contribution in [-0.4, -0.2) is 36.7 Å². The van der Waals surface area contributed by atoms with Crippen molar-refractivity contribution in [2.24, 2.45) is 0 Å². The summed E-state index contributed by atoms with van der Waals surface area (Å²) >= 11 is 7.61. The van der Waals surface area contributed by atoms with E-state index in [1.165, 1.54) is 33.8 Å². The second-order valence-electron chi connectivity index (χ2n) is 7.36. The molecule has 6 nitrogen and oxygen atoms in total. The number of anilines is 1. The van der Waals surface area contributed by atoms with Gasteiger partial charge in [0, 0.05) is 18.7 Å². The van der Waals surface area contributed by atoms with Gasteiger partial charge < -0.3 is 0 Å². The largest absolute Gasteiger partial charge is 0.298 e. The Morgan fingerprint density at radius 1 is 1.13 bits per heavy atom. The molecule has 0 unspecified atom stereocenters. The Balaban J connectivity index is 1.61. The smallest absolute Gasteiger partial charge is 0.257 e. The number of fused-ring (bicyclic) bond motifs is 1. The maximum Gasteiger partial charge on any atom is 0.257 e. The van der Waals surface area contributed by atoms with Crippen LogP contribution in [0.15, 0.2) is 41.3 Å². The van der Waals surface area contributed by atoms with Crippen molar-refractivity contribution in [1.29, 1.82) is 0 Å². The van der Waals surface area contributed by atoms with Crippen molar-refractivity contribution in [2.45, 2.75) is 37.5 Å². The maximum absolute atomic E-state index is 13.1. The monoisotopic (exact) mass is 463 g/mol. The second kappa shape index (κ2) is 8.63. The number of aromatic nitrogens is 1. The van der Waals surface area contributed by atoms with Gasteiger partial charge in [-0.1, -0.05) is 47.9 Å². The number of carbonyl (C=O) groups excluding carboxylic acids is 1. The van der Waals surface area contributed by atoms with E-state index in [2.05, 4.69) is 10.3 Å². The van der Waals surface area contributed by atoms with Crippen LogP contribution in [-0.2, 0) is 10.0 Å². The van der Waals surface area contributed by atoms with Crippen molar-refractivity contribution in [3.63, 3.8) is 0 Å². The van der Waals surface area contributed by atoms with E-state index in [0.717, 1.165) is 41.5 Å². The first-order valence-corrected chi connectivity index (χ1v) is 12.5. The standard InChI is InChI=1S/C21H22ClN3O3S2/c1-14-7-6-8-17-19(14)23-21(29-17)24-20(26)15-9-10-16(22)18(13-15)30(27,28)25-11-4-2-3-5-12-25/h6-10,13H,2-5,11-12H2,1H3,(H,23,24,26). The van der Waals surface area contributed by atoms with Gasteiger partial charge in [-0.25, -0.2) is 13.4 Å². The maximum atomic E-state index is 13.1. The molecule has 2 heterocycles. The Bertz CT molecular complexity index is 1200. The van der Waals surface area contributed by atoms with Crippen LogP contribution in [0.2, 0.25) is 5.02 Å². The molecule has 0 radical (unpaired) electrons. The Kier molecular flexibility index (Phi) is 6.11. The fourth-order valence-electron chi connectivity index (χ4n) is 3.57. The summed E-state index contributed by atoms with van der Waals surface area (Å²) in [5, 5.41) is 3.37. The molecule has 0 spiro atoms. The SMILES string of the molecule is Cc1cccc2sc(NC(=O)c3ccc(Cl)c(S(=O)(=O)N4CCCCCC4)c3)nc12. The number of hydrogen-bond donors (Lipinski definition) is 1. The van der Waals surface area contributed by atoms with Crippen molar-refractivity contribution in [3.05, 3.63) is 52.5 Å². The van der Waals surface area contributed by atoms with E-state index in [9.17, 15) is 13.2 Å². The molecule has 3 aromatic rings. The number of hydrogen-bond acceptors (Lipinski definition) is 5. The third kappa shape index (κ3) is 4.23. The quantitative estimate of drug-likeness (QED) is 0.585. The molecule has 0 bridgehead atoms. The molecule has 1 amide bonds. The number of carbonyl (C=O) groups is 1. The molecule has 1 aliphatic heterocycles. The highest BCUT2D eigenvalue weighted by Crippen LogP contribution is 2.30. The molecular formula is C21H22ClN3O3S2. The lowest BCUT2D eigenvalue weighted by Crippen LogP contribution is -2.32. The van der Waals surface area contributed by atoms with E-state index in [1.54, 1.807) is 0 Å². The summed E-state index contributed by atoms with van der Waals surface area (Å²) in [4.78, 5) is 17.3. The number of thiazole rings is 1. The number of para-hydroxylation sites is 1. The van der Waals surface area contributed by atoms with Crippen LogP contribution < -0.4 is 5.32 Å². The highest BCUT2D eigenvalue weighted by Gasteiger charge is 2.28. The fraction of sp³-hybridized carbons (Fsp3) is 0.333. The summed E-state index contributed by atoms with van der Waals surface area (Å²) in [5.74, 6) is -0.421. The van der Waals surface area contributed by atoms with Gasteiger partial charge in [0.15, 0.2) is 5.13 Å². The number of halogens is 1. The first-order valence-electron chi connectivity index (χ1n) is 9.83. The number of rotatable bonds is 4. The lowest BCUT2D eigenvalue weighted by Gasteiger charge is -2.21. The van der Waals surface area contributed by atoms with Crippen LogP contribution in [0.1, 0.15) is 41.6 Å². The third-order valence-electron chi connectivity index (χ3n) is 5.22. The summed E-state index contributed by atoms with van der Waals surface area (Å²) < 4.78 is 28.7. The van der Waals surface area contributed by atoms with Crippen LogP contribution in [0.3, 0.4) is 0 Å². The molecular weight excluding hydrogens is 442 g/mol. The molecule has 9 heteroatoms. The molecule has 1 N–H and O–H groups in total. The zero-order chi connectivity index (χ0) is 21.3. The molecule has 2 aromatic carbocycles. The zero-order valence-corrected chi connectivity index (χ0v) is 18.9. The molecule has 0 aliphatic carbocycles. The average molecular weight is 464 g/mol. The summed E-state index contributed by atoms with van der Waals surface area (Å²) in [5.41, 5.74) is 2.10. The van der Waals surface area contributed by atoms with Gasteiger partial charge in [-0.15, -0.1) is 0 Å². The summed E-state index contributed by atoms with van der Waals surface area (Å²) in [6, 6.07) is 10.2. The van der Waals surface area contributed by atoms with Gasteiger partial charge in [-0.05, 0) is 49.6 Å². The van der Waals surface area contributed by atoms with E-state index in [0.29, 0.717) is 18.2 Å². The van der Waals surface area contributed by atoms with Crippen molar-refractivity contribution >= 4 is 54.2 Å². The molecule has 0 atom stereocenters. The number of sulfonamides is 1. The Labute approximate surface area is 184 Å². The van der Waals surface area contributed by atoms with Gasteiger partial charge in [0.05, 0.1) is 15.2 Å². The fourth-order valence-corrected chi connectivity index (χ4v) is 6.53. The summed E-state index contributed by atoms with van der Waals surface area (Å²) in [7, 11) is -3.76. The summed E-state index contributed by atoms with van der Waals surface area (Å²) in [6.07, 6.45) is 3.69. The number of nitrogens with one attached hydrogen (secondary N) is 1. The minimum atomic E-state index is -3.76. The molecule has 0 saturated carbocycles. The Morgan fingerprint density at radius 2 is 1.87 bits per heavy atom. The first-order chi connectivity index (χ1) is 14.4. The van der Waals surface area contributed by atoms with Gasteiger partial charge >= 0.3 is 0 Å². The number of aryl methyl sites for hydroxylation is 1. The van der Waals surface area contributed by atoms with Gasteiger partial charge in [-0.2, -0.15) is 4.31 Å². The van der Waals surface area contributed by atoms with Crippen molar-refractivity contribution in [3.8, 4) is 0 Å². The van der Waals surface area contributed by atoms with Crippen LogP contribution in [0.5, 0.6) is 0 Å². The molecule has 4 rings (SSSR count). The minimum Gasteiger partial charge on any atom is -0.298 e. The van der Waals surface area contributed by atoms with Crippen molar-refractivity contribution < 1.29 is 13.2 Å². The highest BCUT2D eigenvalue weighted by molar-refractivity contribution is 7.89. The van der Waals surface area contributed by atoms with E-state index in [-0.39, 0.29) is 15.5 Å². The molecule has 30 heavy (non-hydrogen) atoms. The van der Waals surface area contributed by atoms with Crippen LogP contribution in [0.4, 0.5) is 5.13 Å². The van der Waals surface area contributed by atoms with Gasteiger partial charge in [0.1, 0.15) is 4.90 Å². The van der Waals surface area contributed by atoms with Crippen LogP contribution in [0.25, 0.3) is 10.2 Å². The normalized spacial score (nSPS) is 15.8.